The van der Waals surface area contributed by atoms with E-state index in [0.717, 1.165) is 18.8 Å². The molecule has 2 atom stereocenters. The molecule has 20 heavy (non-hydrogen) atoms. The minimum atomic E-state index is -0.965. The molecular weight excluding hydrogens is 278 g/mol. The number of piperazine rings is 1. The third-order valence-corrected chi connectivity index (χ3v) is 4.31. The van der Waals surface area contributed by atoms with E-state index in [1.165, 1.54) is 0 Å². The fraction of sp³-hybridized carbons (Fsp3) is 0.846. The van der Waals surface area contributed by atoms with Crippen molar-refractivity contribution in [3.8, 4) is 0 Å². The molecular formula is C13H25N3O3S. The number of rotatable bonds is 6. The summed E-state index contributed by atoms with van der Waals surface area (Å²) in [6.45, 7) is 7.31. The largest absolute Gasteiger partial charge is 0.480 e. The number of urea groups is 1. The van der Waals surface area contributed by atoms with Crippen LogP contribution >= 0.6 is 11.8 Å². The van der Waals surface area contributed by atoms with E-state index < -0.39 is 12.0 Å². The molecule has 0 aromatic rings. The Morgan fingerprint density at radius 1 is 1.45 bits per heavy atom. The maximum Gasteiger partial charge on any atom is 0.326 e. The second-order valence-electron chi connectivity index (χ2n) is 5.05. The number of likely N-dealkylation sites (N-methyl/N-ethyl adjacent to an activating group) is 1. The van der Waals surface area contributed by atoms with Gasteiger partial charge in [-0.25, -0.2) is 9.59 Å². The third kappa shape index (κ3) is 4.86. The lowest BCUT2D eigenvalue weighted by Crippen LogP contribution is -2.57. The first-order chi connectivity index (χ1) is 9.49. The second-order valence-corrected chi connectivity index (χ2v) is 6.03. The maximum atomic E-state index is 12.1. The minimum Gasteiger partial charge on any atom is -0.480 e. The van der Waals surface area contributed by atoms with Gasteiger partial charge in [0.15, 0.2) is 0 Å². The van der Waals surface area contributed by atoms with Crippen molar-refractivity contribution >= 4 is 23.8 Å². The summed E-state index contributed by atoms with van der Waals surface area (Å²) in [4.78, 5) is 27.3. The van der Waals surface area contributed by atoms with Crippen LogP contribution in [0.15, 0.2) is 0 Å². The van der Waals surface area contributed by atoms with Crippen molar-refractivity contribution in [1.29, 1.82) is 0 Å². The number of hydrogen-bond donors (Lipinski definition) is 2. The van der Waals surface area contributed by atoms with Crippen molar-refractivity contribution in [3.05, 3.63) is 0 Å². The normalized spacial score (nSPS) is 21.6. The standard InChI is InChI=1S/C13H25N3O3S/c1-4-15-6-7-16(9-10(15)2)13(19)14-11(12(17)18)5-8-20-3/h10-11H,4-9H2,1-3H3,(H,14,19)(H,17,18)/t10?,11-/m1/s1. The second kappa shape index (κ2) is 8.36. The molecule has 0 saturated carbocycles. The molecule has 1 aliphatic heterocycles. The summed E-state index contributed by atoms with van der Waals surface area (Å²) in [5, 5.41) is 11.8. The highest BCUT2D eigenvalue weighted by Gasteiger charge is 2.28. The predicted molar refractivity (Wildman–Crippen MR) is 81.2 cm³/mol. The van der Waals surface area contributed by atoms with Gasteiger partial charge in [0.25, 0.3) is 0 Å². The van der Waals surface area contributed by atoms with Crippen molar-refractivity contribution in [1.82, 2.24) is 15.1 Å². The van der Waals surface area contributed by atoms with Crippen LogP contribution in [0, 0.1) is 0 Å². The van der Waals surface area contributed by atoms with Gasteiger partial charge in [0.1, 0.15) is 6.04 Å². The van der Waals surface area contributed by atoms with Crippen molar-refractivity contribution in [2.24, 2.45) is 0 Å². The molecule has 1 unspecified atom stereocenters. The molecule has 1 saturated heterocycles. The van der Waals surface area contributed by atoms with Crippen LogP contribution in [0.25, 0.3) is 0 Å². The van der Waals surface area contributed by atoms with Crippen LogP contribution in [-0.4, -0.2) is 77.2 Å². The number of nitrogens with zero attached hydrogens (tertiary/aromatic N) is 2. The quantitative estimate of drug-likeness (QED) is 0.763. The molecule has 0 aromatic heterocycles. The number of carboxylic acid groups (broad SMARTS) is 1. The van der Waals surface area contributed by atoms with Crippen LogP contribution < -0.4 is 5.32 Å². The van der Waals surface area contributed by atoms with Crippen LogP contribution in [0.2, 0.25) is 0 Å². The Kier molecular flexibility index (Phi) is 7.15. The van der Waals surface area contributed by atoms with Gasteiger partial charge >= 0.3 is 12.0 Å². The first kappa shape index (κ1) is 17.1. The fourth-order valence-electron chi connectivity index (χ4n) is 2.38. The van der Waals surface area contributed by atoms with Crippen molar-refractivity contribution < 1.29 is 14.7 Å². The highest BCUT2D eigenvalue weighted by molar-refractivity contribution is 7.98. The molecule has 2 amide bonds. The molecule has 7 heteroatoms. The molecule has 0 bridgehead atoms. The molecule has 0 aromatic carbocycles. The van der Waals surface area contributed by atoms with E-state index in [9.17, 15) is 9.59 Å². The number of hydrogen-bond acceptors (Lipinski definition) is 4. The van der Waals surface area contributed by atoms with Crippen molar-refractivity contribution in [3.63, 3.8) is 0 Å². The Labute approximate surface area is 124 Å². The average Bonchev–Trinajstić information content (AvgIpc) is 2.42. The smallest absolute Gasteiger partial charge is 0.326 e. The highest BCUT2D eigenvalue weighted by atomic mass is 32.2. The van der Waals surface area contributed by atoms with Gasteiger partial charge in [-0.05, 0) is 31.9 Å². The Bertz CT molecular complexity index is 341. The highest BCUT2D eigenvalue weighted by Crippen LogP contribution is 2.10. The van der Waals surface area contributed by atoms with Gasteiger partial charge in [-0.2, -0.15) is 11.8 Å². The molecule has 1 fully saturated rings. The van der Waals surface area contributed by atoms with Crippen LogP contribution in [0.1, 0.15) is 20.3 Å². The number of aliphatic carboxylic acids is 1. The first-order valence-electron chi connectivity index (χ1n) is 7.00. The fourth-order valence-corrected chi connectivity index (χ4v) is 2.85. The number of carbonyl (C=O) groups is 2. The average molecular weight is 303 g/mol. The van der Waals surface area contributed by atoms with Crippen LogP contribution in [-0.2, 0) is 4.79 Å². The van der Waals surface area contributed by atoms with Gasteiger partial charge in [0.05, 0.1) is 0 Å². The molecule has 1 aliphatic rings. The number of amides is 2. The Balaban J connectivity index is 2.50. The van der Waals surface area contributed by atoms with E-state index in [-0.39, 0.29) is 6.03 Å². The SMILES string of the molecule is CCN1CCN(C(=O)N[C@H](CCSC)C(=O)O)CC1C. The third-order valence-electron chi connectivity index (χ3n) is 3.66. The van der Waals surface area contributed by atoms with E-state index in [1.54, 1.807) is 16.7 Å². The Hall–Kier alpha value is -0.950. The summed E-state index contributed by atoms with van der Waals surface area (Å²) in [6, 6.07) is -0.746. The lowest BCUT2D eigenvalue weighted by Gasteiger charge is -2.39. The van der Waals surface area contributed by atoms with E-state index >= 15 is 0 Å². The van der Waals surface area contributed by atoms with Crippen LogP contribution in [0.5, 0.6) is 0 Å². The maximum absolute atomic E-state index is 12.1. The molecule has 2 N–H and O–H groups in total. The van der Waals surface area contributed by atoms with Gasteiger partial charge in [0, 0.05) is 25.7 Å². The molecule has 1 heterocycles. The molecule has 116 valence electrons. The minimum absolute atomic E-state index is 0.263. The molecule has 6 nitrogen and oxygen atoms in total. The number of carboxylic acids is 1. The van der Waals surface area contributed by atoms with E-state index in [0.29, 0.717) is 25.6 Å². The van der Waals surface area contributed by atoms with E-state index in [1.807, 2.05) is 6.26 Å². The van der Waals surface area contributed by atoms with Gasteiger partial charge in [-0.1, -0.05) is 6.92 Å². The van der Waals surface area contributed by atoms with Crippen molar-refractivity contribution in [2.75, 3.05) is 38.2 Å². The van der Waals surface area contributed by atoms with Gasteiger partial charge in [0.2, 0.25) is 0 Å². The number of nitrogens with one attached hydrogen (secondary N) is 1. The zero-order valence-corrected chi connectivity index (χ0v) is 13.3. The number of thioether (sulfide) groups is 1. The molecule has 1 rings (SSSR count). The summed E-state index contributed by atoms with van der Waals surface area (Å²) < 4.78 is 0. The molecule has 0 radical (unpaired) electrons. The van der Waals surface area contributed by atoms with Crippen LogP contribution in [0.4, 0.5) is 4.79 Å². The topological polar surface area (TPSA) is 72.9 Å². The monoisotopic (exact) mass is 303 g/mol. The zero-order chi connectivity index (χ0) is 15.1. The van der Waals surface area contributed by atoms with Crippen molar-refractivity contribution in [2.45, 2.75) is 32.4 Å². The summed E-state index contributed by atoms with van der Waals surface area (Å²) in [5.41, 5.74) is 0. The lowest BCUT2D eigenvalue weighted by molar-refractivity contribution is -0.139. The predicted octanol–water partition coefficient (Wildman–Crippen LogP) is 0.928. The van der Waals surface area contributed by atoms with Crippen LogP contribution in [0.3, 0.4) is 0 Å². The summed E-state index contributed by atoms with van der Waals surface area (Å²) in [7, 11) is 0. The van der Waals surface area contributed by atoms with Gasteiger partial charge in [-0.15, -0.1) is 0 Å². The first-order valence-corrected chi connectivity index (χ1v) is 8.40. The lowest BCUT2D eigenvalue weighted by atomic mass is 10.2. The summed E-state index contributed by atoms with van der Waals surface area (Å²) >= 11 is 1.58. The summed E-state index contributed by atoms with van der Waals surface area (Å²) in [5.74, 6) is -0.246. The Morgan fingerprint density at radius 3 is 2.65 bits per heavy atom. The molecule has 0 aliphatic carbocycles. The number of carbonyl (C=O) groups excluding carboxylic acids is 1. The van der Waals surface area contributed by atoms with Gasteiger partial charge in [-0.3, -0.25) is 4.90 Å². The van der Waals surface area contributed by atoms with E-state index in [2.05, 4.69) is 24.1 Å². The zero-order valence-electron chi connectivity index (χ0n) is 12.5. The summed E-state index contributed by atoms with van der Waals surface area (Å²) in [6.07, 6.45) is 2.37. The van der Waals surface area contributed by atoms with E-state index in [4.69, 9.17) is 5.11 Å². The van der Waals surface area contributed by atoms with Gasteiger partial charge < -0.3 is 15.3 Å². The Morgan fingerprint density at radius 2 is 2.15 bits per heavy atom. The molecule has 0 spiro atoms.